The average molecular weight is 436 g/mol. The van der Waals surface area contributed by atoms with Gasteiger partial charge in [-0.05, 0) is 54.8 Å². The molecule has 0 radical (unpaired) electrons. The van der Waals surface area contributed by atoms with Crippen molar-refractivity contribution in [1.29, 1.82) is 0 Å². The number of carbonyl (C=O) groups is 1. The molecule has 0 saturated carbocycles. The van der Waals surface area contributed by atoms with Gasteiger partial charge in [-0.1, -0.05) is 18.2 Å². The van der Waals surface area contributed by atoms with E-state index < -0.39 is 0 Å². The van der Waals surface area contributed by atoms with Crippen molar-refractivity contribution in [3.8, 4) is 5.75 Å². The predicted molar refractivity (Wildman–Crippen MR) is 127 cm³/mol. The van der Waals surface area contributed by atoms with Crippen LogP contribution >= 0.6 is 23.1 Å². The van der Waals surface area contributed by atoms with Crippen molar-refractivity contribution in [1.82, 2.24) is 0 Å². The molecule has 152 valence electrons. The Balaban J connectivity index is 1.44. The lowest BCUT2D eigenvalue weighted by molar-refractivity contribution is -0.113. The highest BCUT2D eigenvalue weighted by molar-refractivity contribution is 8.14. The second kappa shape index (κ2) is 9.73. The summed E-state index contributed by atoms with van der Waals surface area (Å²) in [5.41, 5.74) is 3.42. The minimum Gasteiger partial charge on any atom is -0.494 e. The van der Waals surface area contributed by atoms with E-state index in [4.69, 9.17) is 14.7 Å². The van der Waals surface area contributed by atoms with Crippen molar-refractivity contribution in [2.45, 2.75) is 13.3 Å². The Morgan fingerprint density at radius 1 is 1.07 bits per heavy atom. The maximum atomic E-state index is 12.5. The molecule has 2 heterocycles. The normalized spacial score (nSPS) is 13.0. The van der Waals surface area contributed by atoms with Crippen LogP contribution in [0.5, 0.6) is 5.75 Å². The van der Waals surface area contributed by atoms with Gasteiger partial charge < -0.3 is 10.1 Å². The van der Waals surface area contributed by atoms with Gasteiger partial charge in [0.2, 0.25) is 5.91 Å². The zero-order valence-electron chi connectivity index (χ0n) is 16.5. The summed E-state index contributed by atoms with van der Waals surface area (Å²) in [7, 11) is 0. The quantitative estimate of drug-likeness (QED) is 0.511. The molecule has 1 aliphatic heterocycles. The first-order valence-corrected chi connectivity index (χ1v) is 11.5. The van der Waals surface area contributed by atoms with Gasteiger partial charge in [0.05, 0.1) is 34.5 Å². The summed E-state index contributed by atoms with van der Waals surface area (Å²) in [4.78, 5) is 23.2. The lowest BCUT2D eigenvalue weighted by Gasteiger charge is -2.08. The topological polar surface area (TPSA) is 63.0 Å². The number of hydrogen-bond acceptors (Lipinski definition) is 6. The van der Waals surface area contributed by atoms with Crippen molar-refractivity contribution in [2.24, 2.45) is 9.98 Å². The first-order valence-electron chi connectivity index (χ1n) is 9.65. The van der Waals surface area contributed by atoms with Crippen LogP contribution in [0.2, 0.25) is 0 Å². The molecular formula is C23H21N3O2S2. The number of aliphatic imine (C=N–C) groups is 2. The van der Waals surface area contributed by atoms with E-state index in [1.807, 2.05) is 66.9 Å². The lowest BCUT2D eigenvalue weighted by atomic mass is 10.2. The Kier molecular flexibility index (Phi) is 6.61. The third kappa shape index (κ3) is 5.17. The summed E-state index contributed by atoms with van der Waals surface area (Å²) < 4.78 is 5.43. The molecule has 0 aliphatic carbocycles. The number of rotatable bonds is 6. The second-order valence-electron chi connectivity index (χ2n) is 6.50. The minimum absolute atomic E-state index is 0.0704. The van der Waals surface area contributed by atoms with Crippen LogP contribution in [0.15, 0.2) is 76.0 Å². The van der Waals surface area contributed by atoms with Crippen LogP contribution in [-0.2, 0) is 4.79 Å². The highest BCUT2D eigenvalue weighted by Crippen LogP contribution is 2.34. The highest BCUT2D eigenvalue weighted by atomic mass is 32.2. The summed E-state index contributed by atoms with van der Waals surface area (Å²) in [6, 6.07) is 19.3. The van der Waals surface area contributed by atoms with Gasteiger partial charge in [-0.25, -0.2) is 9.98 Å². The monoisotopic (exact) mass is 435 g/mol. The number of thioether (sulfide) groups is 1. The Morgan fingerprint density at radius 2 is 1.83 bits per heavy atom. The number of anilines is 1. The zero-order valence-corrected chi connectivity index (χ0v) is 18.1. The largest absolute Gasteiger partial charge is 0.494 e. The number of nitrogens with one attached hydrogen (secondary N) is 1. The Labute approximate surface area is 183 Å². The Hall–Kier alpha value is -2.90. The number of para-hydroxylation sites is 2. The fraction of sp³-hybridized carbons (Fsp3) is 0.174. The van der Waals surface area contributed by atoms with E-state index in [9.17, 15) is 4.79 Å². The molecule has 0 unspecified atom stereocenters. The van der Waals surface area contributed by atoms with Crippen LogP contribution in [0.4, 0.5) is 17.1 Å². The van der Waals surface area contributed by atoms with E-state index >= 15 is 0 Å². The highest BCUT2D eigenvalue weighted by Gasteiger charge is 2.17. The van der Waals surface area contributed by atoms with Crippen molar-refractivity contribution >= 4 is 56.8 Å². The zero-order chi connectivity index (χ0) is 20.8. The Bertz CT molecular complexity index is 1070. The van der Waals surface area contributed by atoms with E-state index in [1.54, 1.807) is 11.3 Å². The number of ether oxygens (including phenoxy) is 1. The van der Waals surface area contributed by atoms with Gasteiger partial charge >= 0.3 is 0 Å². The summed E-state index contributed by atoms with van der Waals surface area (Å²) in [6.45, 7) is 2.56. The number of amides is 1. The smallest absolute Gasteiger partial charge is 0.234 e. The van der Waals surface area contributed by atoms with Gasteiger partial charge in [0.15, 0.2) is 0 Å². The number of carbonyl (C=O) groups excluding carboxylic acids is 1. The standard InChI is InChI=1S/C23H21N3O2S2/c1-2-28-17-11-9-16(10-12-17)24-22(27)15-30-23-14-20(21-8-5-13-29-21)25-18-6-3-4-7-19(18)26-23/h3-13H,2,14-15H2,1H3,(H,24,27). The van der Waals surface area contributed by atoms with Crippen molar-refractivity contribution in [3.05, 3.63) is 70.9 Å². The molecule has 1 amide bonds. The van der Waals surface area contributed by atoms with E-state index in [2.05, 4.69) is 11.4 Å². The van der Waals surface area contributed by atoms with Gasteiger partial charge in [0.1, 0.15) is 5.75 Å². The maximum absolute atomic E-state index is 12.5. The van der Waals surface area contributed by atoms with E-state index in [1.165, 1.54) is 11.8 Å². The molecule has 1 aliphatic rings. The number of benzene rings is 2. The molecule has 2 aromatic carbocycles. The Morgan fingerprint density at radius 3 is 2.53 bits per heavy atom. The first kappa shape index (κ1) is 20.4. The summed E-state index contributed by atoms with van der Waals surface area (Å²) in [5, 5.41) is 5.85. The van der Waals surface area contributed by atoms with Crippen LogP contribution in [0.1, 0.15) is 18.2 Å². The van der Waals surface area contributed by atoms with Crippen LogP contribution in [0, 0.1) is 0 Å². The molecule has 0 atom stereocenters. The average Bonchev–Trinajstić information content (AvgIpc) is 3.22. The van der Waals surface area contributed by atoms with Crippen molar-refractivity contribution < 1.29 is 9.53 Å². The fourth-order valence-corrected chi connectivity index (χ4v) is 4.46. The molecule has 0 spiro atoms. The van der Waals surface area contributed by atoms with Gasteiger partial charge in [-0.15, -0.1) is 23.1 Å². The SMILES string of the molecule is CCOc1ccc(NC(=O)CSC2=Nc3ccccc3N=C(c3cccs3)C2)cc1. The number of hydrogen-bond donors (Lipinski definition) is 1. The molecule has 1 N–H and O–H groups in total. The molecular weight excluding hydrogens is 414 g/mol. The second-order valence-corrected chi connectivity index (χ2v) is 8.50. The molecule has 7 heteroatoms. The van der Waals surface area contributed by atoms with Crippen molar-refractivity contribution in [2.75, 3.05) is 17.7 Å². The summed E-state index contributed by atoms with van der Waals surface area (Å²) >= 11 is 3.11. The molecule has 0 saturated heterocycles. The van der Waals surface area contributed by atoms with E-state index in [0.29, 0.717) is 13.0 Å². The number of thiophene rings is 1. The van der Waals surface area contributed by atoms with Gasteiger partial charge in [-0.2, -0.15) is 0 Å². The molecule has 3 aromatic rings. The van der Waals surface area contributed by atoms with Crippen LogP contribution in [0.25, 0.3) is 0 Å². The van der Waals surface area contributed by atoms with E-state index in [-0.39, 0.29) is 11.7 Å². The molecule has 1 aromatic heterocycles. The van der Waals surface area contributed by atoms with E-state index in [0.717, 1.165) is 38.4 Å². The first-order chi connectivity index (χ1) is 14.7. The summed E-state index contributed by atoms with van der Waals surface area (Å²) in [6.07, 6.45) is 0.607. The van der Waals surface area contributed by atoms with Crippen molar-refractivity contribution in [3.63, 3.8) is 0 Å². The summed E-state index contributed by atoms with van der Waals surface area (Å²) in [5.74, 6) is 1.00. The van der Waals surface area contributed by atoms with Crippen LogP contribution in [-0.4, -0.2) is 29.0 Å². The lowest BCUT2D eigenvalue weighted by Crippen LogP contribution is -2.16. The number of nitrogens with zero attached hydrogens (tertiary/aromatic N) is 2. The predicted octanol–water partition coefficient (Wildman–Crippen LogP) is 6.07. The fourth-order valence-electron chi connectivity index (χ4n) is 2.97. The van der Waals surface area contributed by atoms with Gasteiger partial charge in [0.25, 0.3) is 0 Å². The molecule has 5 nitrogen and oxygen atoms in total. The molecule has 4 rings (SSSR count). The van der Waals surface area contributed by atoms with Crippen LogP contribution < -0.4 is 10.1 Å². The minimum atomic E-state index is -0.0704. The molecule has 0 bridgehead atoms. The van der Waals surface area contributed by atoms with Gasteiger partial charge in [-0.3, -0.25) is 4.79 Å². The maximum Gasteiger partial charge on any atom is 0.234 e. The number of fused-ring (bicyclic) bond motifs is 1. The molecule has 0 fully saturated rings. The third-order valence-corrected chi connectivity index (χ3v) is 6.22. The third-order valence-electron chi connectivity index (χ3n) is 4.33. The molecule has 30 heavy (non-hydrogen) atoms. The van der Waals surface area contributed by atoms with Crippen LogP contribution in [0.3, 0.4) is 0 Å². The van der Waals surface area contributed by atoms with Gasteiger partial charge in [0, 0.05) is 17.0 Å².